The first-order valence-corrected chi connectivity index (χ1v) is 8.84. The van der Waals surface area contributed by atoms with Crippen LogP contribution in [0, 0.1) is 25.2 Å². The molecule has 3 nitrogen and oxygen atoms in total. The van der Waals surface area contributed by atoms with Crippen LogP contribution in [0.15, 0.2) is 46.9 Å². The second-order valence-electron chi connectivity index (χ2n) is 6.98. The van der Waals surface area contributed by atoms with Crippen LogP contribution in [0.5, 0.6) is 0 Å². The van der Waals surface area contributed by atoms with Gasteiger partial charge in [-0.25, -0.2) is 0 Å². The molecular weight excluding hydrogens is 332 g/mol. The largest absolute Gasteiger partial charge is 0.455 e. The van der Waals surface area contributed by atoms with Crippen molar-refractivity contribution in [3.05, 3.63) is 64.8 Å². The molecule has 0 saturated carbocycles. The van der Waals surface area contributed by atoms with E-state index in [2.05, 4.69) is 6.07 Å². The average molecular weight is 359 g/mol. The Morgan fingerprint density at radius 2 is 2.04 bits per heavy atom. The molecule has 1 unspecified atom stereocenters. The molecule has 0 N–H and O–H groups in total. The summed E-state index contributed by atoms with van der Waals surface area (Å²) in [7, 11) is 1.91. The summed E-state index contributed by atoms with van der Waals surface area (Å²) in [5.74, 6) is -1.76. The molecule has 0 saturated heterocycles. The van der Waals surface area contributed by atoms with Crippen LogP contribution in [0.1, 0.15) is 47.5 Å². The third-order valence-electron chi connectivity index (χ3n) is 5.23. The van der Waals surface area contributed by atoms with E-state index in [1.54, 1.807) is 24.3 Å². The molecule has 0 bridgehead atoms. The first kappa shape index (κ1) is 13.1. The fourth-order valence-electron chi connectivity index (χ4n) is 3.65. The van der Waals surface area contributed by atoms with E-state index in [0.29, 0.717) is 22.3 Å². The maximum Gasteiger partial charge on any atom is 0.216 e. The van der Waals surface area contributed by atoms with Gasteiger partial charge in [0, 0.05) is 35.3 Å². The standard InChI is InChI=1S/C24H23N2O/c1-14(2)18-11-16(4)26(5)20(12-18)22-15(3)9-10-19-23-17(13-25)7-6-8-21(23)27-24(19)22/h6-12,14H,1-5H3/q+1/i1D3,14D. The van der Waals surface area contributed by atoms with Crippen molar-refractivity contribution in [3.63, 3.8) is 0 Å². The minimum absolute atomic E-state index is 0.420. The Balaban J connectivity index is 2.11. The van der Waals surface area contributed by atoms with E-state index in [1.807, 2.05) is 43.7 Å². The molecule has 0 aliphatic carbocycles. The molecule has 2 aromatic heterocycles. The summed E-state index contributed by atoms with van der Waals surface area (Å²) in [5.41, 5.74) is 5.61. The number of aromatic nitrogens is 1. The van der Waals surface area contributed by atoms with Crippen LogP contribution in [0.25, 0.3) is 33.2 Å². The van der Waals surface area contributed by atoms with Gasteiger partial charge in [0.05, 0.1) is 17.2 Å². The number of furan rings is 1. The van der Waals surface area contributed by atoms with Gasteiger partial charge < -0.3 is 4.42 Å². The van der Waals surface area contributed by atoms with Crippen LogP contribution in [-0.2, 0) is 7.05 Å². The highest BCUT2D eigenvalue weighted by Gasteiger charge is 2.23. The van der Waals surface area contributed by atoms with Gasteiger partial charge in [-0.05, 0) is 36.1 Å². The first-order chi connectivity index (χ1) is 14.5. The van der Waals surface area contributed by atoms with E-state index in [-0.39, 0.29) is 0 Å². The highest BCUT2D eigenvalue weighted by atomic mass is 16.3. The quantitative estimate of drug-likeness (QED) is 0.431. The van der Waals surface area contributed by atoms with Gasteiger partial charge in [0.1, 0.15) is 18.2 Å². The molecule has 0 aliphatic rings. The molecule has 4 aromatic rings. The van der Waals surface area contributed by atoms with E-state index >= 15 is 0 Å². The lowest BCUT2D eigenvalue weighted by Crippen LogP contribution is -2.35. The number of fused-ring (bicyclic) bond motifs is 3. The second kappa shape index (κ2) is 6.25. The lowest BCUT2D eigenvalue weighted by atomic mass is 9.96. The van der Waals surface area contributed by atoms with Crippen molar-refractivity contribution in [2.24, 2.45) is 7.05 Å². The Kier molecular flexibility index (Phi) is 3.03. The number of pyridine rings is 1. The van der Waals surface area contributed by atoms with Crippen LogP contribution < -0.4 is 4.57 Å². The predicted molar refractivity (Wildman–Crippen MR) is 109 cm³/mol. The smallest absolute Gasteiger partial charge is 0.216 e. The van der Waals surface area contributed by atoms with Gasteiger partial charge >= 0.3 is 0 Å². The first-order valence-electron chi connectivity index (χ1n) is 10.8. The third-order valence-corrected chi connectivity index (χ3v) is 5.23. The topological polar surface area (TPSA) is 40.8 Å². The molecule has 3 heteroatoms. The van der Waals surface area contributed by atoms with Gasteiger partial charge in [0.2, 0.25) is 5.69 Å². The SMILES string of the molecule is [2H]C([2H])([2H])C([2H])(C)c1cc(C)[n+](C)c(-c2c(C)ccc3c2oc2cccc(C#N)c23)c1. The van der Waals surface area contributed by atoms with Crippen LogP contribution in [0.2, 0.25) is 0 Å². The predicted octanol–water partition coefficient (Wildman–Crippen LogP) is 5.69. The molecule has 0 spiro atoms. The summed E-state index contributed by atoms with van der Waals surface area (Å²) < 4.78 is 40.3. The molecule has 134 valence electrons. The fraction of sp³-hybridized carbons (Fsp3) is 0.250. The lowest BCUT2D eigenvalue weighted by molar-refractivity contribution is -0.666. The summed E-state index contributed by atoms with van der Waals surface area (Å²) in [6.45, 7) is 2.81. The molecule has 1 atom stereocenters. The number of hydrogen-bond donors (Lipinski definition) is 0. The summed E-state index contributed by atoms with van der Waals surface area (Å²) in [6, 6.07) is 15.1. The number of benzene rings is 2. The molecule has 0 aliphatic heterocycles. The van der Waals surface area contributed by atoms with Crippen molar-refractivity contribution >= 4 is 21.9 Å². The van der Waals surface area contributed by atoms with E-state index in [4.69, 9.17) is 9.90 Å². The molecule has 0 fully saturated rings. The minimum Gasteiger partial charge on any atom is -0.455 e. The fourth-order valence-corrected chi connectivity index (χ4v) is 3.65. The third kappa shape index (κ3) is 2.61. The molecular formula is C24H23N2O+. The number of nitrogens with zero attached hydrogens (tertiary/aromatic N) is 2. The zero-order chi connectivity index (χ0) is 22.7. The summed E-state index contributed by atoms with van der Waals surface area (Å²) in [5, 5.41) is 11.2. The van der Waals surface area contributed by atoms with Gasteiger partial charge in [0.15, 0.2) is 5.69 Å². The number of nitriles is 1. The van der Waals surface area contributed by atoms with E-state index in [1.165, 1.54) is 6.92 Å². The average Bonchev–Trinajstić information content (AvgIpc) is 3.08. The molecule has 0 radical (unpaired) electrons. The maximum absolute atomic E-state index is 9.57. The Morgan fingerprint density at radius 3 is 2.78 bits per heavy atom. The highest BCUT2D eigenvalue weighted by Crippen LogP contribution is 2.38. The molecule has 0 amide bonds. The summed E-state index contributed by atoms with van der Waals surface area (Å²) in [4.78, 5) is 0. The Morgan fingerprint density at radius 1 is 1.22 bits per heavy atom. The Labute approximate surface area is 165 Å². The Hall–Kier alpha value is -3.12. The lowest BCUT2D eigenvalue weighted by Gasteiger charge is -2.11. The second-order valence-corrected chi connectivity index (χ2v) is 6.98. The van der Waals surface area contributed by atoms with Crippen LogP contribution in [-0.4, -0.2) is 0 Å². The van der Waals surface area contributed by atoms with Crippen molar-refractivity contribution in [1.82, 2.24) is 0 Å². The number of aryl methyl sites for hydroxylation is 2. The van der Waals surface area contributed by atoms with Gasteiger partial charge in [-0.1, -0.05) is 32.0 Å². The van der Waals surface area contributed by atoms with Crippen molar-refractivity contribution in [3.8, 4) is 17.3 Å². The van der Waals surface area contributed by atoms with Crippen LogP contribution in [0.4, 0.5) is 0 Å². The Bertz CT molecular complexity index is 1390. The van der Waals surface area contributed by atoms with Crippen molar-refractivity contribution < 1.29 is 14.5 Å². The van der Waals surface area contributed by atoms with Crippen molar-refractivity contribution in [2.45, 2.75) is 33.5 Å². The maximum atomic E-state index is 9.57. The van der Waals surface area contributed by atoms with Gasteiger partial charge in [-0.3, -0.25) is 0 Å². The van der Waals surface area contributed by atoms with Gasteiger partial charge in [-0.15, -0.1) is 0 Å². The molecule has 2 aromatic carbocycles. The zero-order valence-electron chi connectivity index (χ0n) is 19.8. The normalized spacial score (nSPS) is 16.3. The van der Waals surface area contributed by atoms with Gasteiger partial charge in [-0.2, -0.15) is 9.83 Å². The van der Waals surface area contributed by atoms with Crippen LogP contribution >= 0.6 is 0 Å². The summed E-state index contributed by atoms with van der Waals surface area (Å²) in [6.07, 6.45) is 0. The van der Waals surface area contributed by atoms with E-state index in [9.17, 15) is 5.26 Å². The molecule has 2 heterocycles. The molecule has 27 heavy (non-hydrogen) atoms. The van der Waals surface area contributed by atoms with E-state index in [0.717, 1.165) is 33.3 Å². The van der Waals surface area contributed by atoms with Crippen molar-refractivity contribution in [1.29, 1.82) is 5.26 Å². The van der Waals surface area contributed by atoms with Crippen molar-refractivity contribution in [2.75, 3.05) is 0 Å². The number of hydrogen-bond acceptors (Lipinski definition) is 2. The summed E-state index contributed by atoms with van der Waals surface area (Å²) >= 11 is 0. The monoisotopic (exact) mass is 359 g/mol. The van der Waals surface area contributed by atoms with Gasteiger partial charge in [0.25, 0.3) is 0 Å². The van der Waals surface area contributed by atoms with E-state index < -0.39 is 12.7 Å². The zero-order valence-corrected chi connectivity index (χ0v) is 15.8. The van der Waals surface area contributed by atoms with Crippen LogP contribution in [0.3, 0.4) is 0 Å². The number of rotatable bonds is 2. The molecule has 4 rings (SSSR count). The minimum atomic E-state index is -2.47. The highest BCUT2D eigenvalue weighted by molar-refractivity contribution is 6.11.